The molecule has 3 N–H and O–H groups in total. The quantitative estimate of drug-likeness (QED) is 0.724. The Labute approximate surface area is 158 Å². The van der Waals surface area contributed by atoms with Crippen LogP contribution in [-0.2, 0) is 4.79 Å². The molecule has 1 aliphatic carbocycles. The molecular weight excluding hydrogens is 342 g/mol. The van der Waals surface area contributed by atoms with E-state index in [0.717, 1.165) is 30.5 Å². The molecule has 0 saturated heterocycles. The van der Waals surface area contributed by atoms with Crippen LogP contribution in [0.2, 0.25) is 0 Å². The minimum Gasteiger partial charge on any atom is -0.548 e. The van der Waals surface area contributed by atoms with Gasteiger partial charge in [-0.1, -0.05) is 6.07 Å². The smallest absolute Gasteiger partial charge is 0.0991 e. The van der Waals surface area contributed by atoms with E-state index in [1.54, 1.807) is 36.4 Å². The predicted octanol–water partition coefficient (Wildman–Crippen LogP) is 2.10. The summed E-state index contributed by atoms with van der Waals surface area (Å²) in [5.74, 6) is -1.24. The Morgan fingerprint density at radius 3 is 2.56 bits per heavy atom. The van der Waals surface area contributed by atoms with E-state index in [9.17, 15) is 15.0 Å². The number of nitrogens with one attached hydrogen (secondary N) is 2. The number of carboxylic acids is 1. The maximum Gasteiger partial charge on any atom is 0.0991 e. The topological polar surface area (TPSA) is 108 Å². The maximum atomic E-state index is 11.8. The average molecular weight is 364 g/mol. The van der Waals surface area contributed by atoms with Gasteiger partial charge in [0, 0.05) is 11.4 Å². The lowest BCUT2D eigenvalue weighted by molar-refractivity contribution is -0.307. The van der Waals surface area contributed by atoms with E-state index in [0.29, 0.717) is 16.8 Å². The molecule has 1 saturated carbocycles. The van der Waals surface area contributed by atoms with Gasteiger partial charge in [0.15, 0.2) is 0 Å². The Bertz CT molecular complexity index is 858. The molecule has 0 radical (unpaired) electrons. The van der Waals surface area contributed by atoms with E-state index in [4.69, 9.17) is 5.26 Å². The first-order valence-corrected chi connectivity index (χ1v) is 9.00. The van der Waals surface area contributed by atoms with Crippen molar-refractivity contribution < 1.29 is 15.0 Å². The number of carbonyl (C=O) groups is 1. The Morgan fingerprint density at radius 1 is 1.22 bits per heavy atom. The van der Waals surface area contributed by atoms with Crippen molar-refractivity contribution in [1.82, 2.24) is 0 Å². The van der Waals surface area contributed by atoms with E-state index in [2.05, 4.69) is 10.6 Å². The minimum atomic E-state index is -1.24. The Balaban J connectivity index is 1.83. The van der Waals surface area contributed by atoms with Gasteiger partial charge in [-0.3, -0.25) is 0 Å². The van der Waals surface area contributed by atoms with Crippen LogP contribution >= 0.6 is 0 Å². The van der Waals surface area contributed by atoms with Crippen molar-refractivity contribution >= 4 is 17.3 Å². The standard InChI is InChI=1S/C21H23N3O3/c1-13-9-15(11-17(10-13)23-18-3-2-4-19(18)25)20(21(26)27)24-16-7-5-14(12-22)6-8-16/h5-11,18-20,23-25H,2-4H2,1H3,(H,26,27)/p-1. The van der Waals surface area contributed by atoms with Crippen LogP contribution in [0.4, 0.5) is 11.4 Å². The van der Waals surface area contributed by atoms with Crippen molar-refractivity contribution in [3.05, 3.63) is 59.2 Å². The van der Waals surface area contributed by atoms with Gasteiger partial charge in [-0.2, -0.15) is 5.26 Å². The number of benzene rings is 2. The number of carbonyl (C=O) groups excluding carboxylic acids is 1. The molecule has 0 amide bonds. The van der Waals surface area contributed by atoms with E-state index >= 15 is 0 Å². The summed E-state index contributed by atoms with van der Waals surface area (Å²) >= 11 is 0. The number of aryl methyl sites for hydroxylation is 1. The molecule has 2 aromatic carbocycles. The van der Waals surface area contributed by atoms with Gasteiger partial charge in [-0.05, 0) is 73.7 Å². The highest BCUT2D eigenvalue weighted by Gasteiger charge is 2.25. The SMILES string of the molecule is Cc1cc(NC2CCCC2O)cc(C(Nc2ccc(C#N)cc2)C(=O)[O-])c1. The first kappa shape index (κ1) is 18.7. The first-order valence-electron chi connectivity index (χ1n) is 9.00. The third kappa shape index (κ3) is 4.57. The second-order valence-electron chi connectivity index (χ2n) is 6.97. The lowest BCUT2D eigenvalue weighted by Gasteiger charge is -2.24. The molecule has 0 aliphatic heterocycles. The van der Waals surface area contributed by atoms with Crippen LogP contribution in [0.3, 0.4) is 0 Å². The molecule has 0 spiro atoms. The van der Waals surface area contributed by atoms with Gasteiger partial charge in [-0.15, -0.1) is 0 Å². The highest BCUT2D eigenvalue weighted by molar-refractivity contribution is 5.78. The van der Waals surface area contributed by atoms with Gasteiger partial charge in [0.2, 0.25) is 0 Å². The molecule has 2 aromatic rings. The zero-order valence-corrected chi connectivity index (χ0v) is 15.1. The summed E-state index contributed by atoms with van der Waals surface area (Å²) in [4.78, 5) is 11.8. The number of aliphatic hydroxyl groups excluding tert-OH is 1. The molecule has 140 valence electrons. The second-order valence-corrected chi connectivity index (χ2v) is 6.97. The van der Waals surface area contributed by atoms with Gasteiger partial charge in [0.1, 0.15) is 0 Å². The molecule has 3 atom stereocenters. The zero-order valence-electron chi connectivity index (χ0n) is 15.1. The highest BCUT2D eigenvalue weighted by Crippen LogP contribution is 2.27. The molecule has 0 bridgehead atoms. The molecule has 3 unspecified atom stereocenters. The molecule has 3 rings (SSSR count). The van der Waals surface area contributed by atoms with Crippen LogP contribution in [0.15, 0.2) is 42.5 Å². The number of aliphatic carboxylic acids is 1. The molecule has 1 fully saturated rings. The third-order valence-corrected chi connectivity index (χ3v) is 4.83. The molecule has 6 heteroatoms. The van der Waals surface area contributed by atoms with Crippen LogP contribution in [0.25, 0.3) is 0 Å². The molecular formula is C21H22N3O3-. The number of anilines is 2. The van der Waals surface area contributed by atoms with E-state index in [1.807, 2.05) is 19.1 Å². The average Bonchev–Trinajstić information content (AvgIpc) is 3.04. The fraction of sp³-hybridized carbons (Fsp3) is 0.333. The first-order chi connectivity index (χ1) is 13.0. The van der Waals surface area contributed by atoms with E-state index < -0.39 is 12.0 Å². The van der Waals surface area contributed by atoms with Crippen LogP contribution in [0.1, 0.15) is 42.0 Å². The summed E-state index contributed by atoms with van der Waals surface area (Å²) in [7, 11) is 0. The Hall–Kier alpha value is -3.04. The van der Waals surface area contributed by atoms with E-state index in [1.165, 1.54) is 0 Å². The summed E-state index contributed by atoms with van der Waals surface area (Å²) in [6.07, 6.45) is 2.25. The molecule has 0 aromatic heterocycles. The number of rotatable bonds is 6. The summed E-state index contributed by atoms with van der Waals surface area (Å²) in [6, 6.07) is 13.1. The Morgan fingerprint density at radius 2 is 1.96 bits per heavy atom. The number of hydrogen-bond acceptors (Lipinski definition) is 6. The second kappa shape index (κ2) is 8.11. The summed E-state index contributed by atoms with van der Waals surface area (Å²) < 4.78 is 0. The van der Waals surface area contributed by atoms with Crippen molar-refractivity contribution in [1.29, 1.82) is 5.26 Å². The number of aliphatic hydroxyl groups is 1. The summed E-state index contributed by atoms with van der Waals surface area (Å²) in [6.45, 7) is 1.90. The van der Waals surface area contributed by atoms with Crippen molar-refractivity contribution in [3.8, 4) is 6.07 Å². The summed E-state index contributed by atoms with van der Waals surface area (Å²) in [5, 5.41) is 36.9. The van der Waals surface area contributed by atoms with Gasteiger partial charge < -0.3 is 25.6 Å². The molecule has 27 heavy (non-hydrogen) atoms. The van der Waals surface area contributed by atoms with Crippen molar-refractivity contribution in [3.63, 3.8) is 0 Å². The fourth-order valence-electron chi connectivity index (χ4n) is 3.47. The molecule has 0 heterocycles. The maximum absolute atomic E-state index is 11.8. The van der Waals surface area contributed by atoms with Gasteiger partial charge in [-0.25, -0.2) is 0 Å². The monoisotopic (exact) mass is 364 g/mol. The van der Waals surface area contributed by atoms with Crippen molar-refractivity contribution in [2.45, 2.75) is 44.4 Å². The van der Waals surface area contributed by atoms with Crippen molar-refractivity contribution in [2.24, 2.45) is 0 Å². The zero-order chi connectivity index (χ0) is 19.4. The van der Waals surface area contributed by atoms with Gasteiger partial charge >= 0.3 is 0 Å². The lowest BCUT2D eigenvalue weighted by Crippen LogP contribution is -2.34. The highest BCUT2D eigenvalue weighted by atomic mass is 16.4. The van der Waals surface area contributed by atoms with Gasteiger partial charge in [0.05, 0.1) is 35.8 Å². The van der Waals surface area contributed by atoms with Crippen molar-refractivity contribution in [2.75, 3.05) is 10.6 Å². The number of carboxylic acid groups (broad SMARTS) is 1. The van der Waals surface area contributed by atoms with Crippen LogP contribution in [0, 0.1) is 18.3 Å². The van der Waals surface area contributed by atoms with Crippen LogP contribution in [0.5, 0.6) is 0 Å². The fourth-order valence-corrected chi connectivity index (χ4v) is 3.47. The lowest BCUT2D eigenvalue weighted by atomic mass is 10.0. The summed E-state index contributed by atoms with van der Waals surface area (Å²) in [5.41, 5.74) is 3.35. The third-order valence-electron chi connectivity index (χ3n) is 4.83. The number of nitrogens with zero attached hydrogens (tertiary/aromatic N) is 1. The minimum absolute atomic E-state index is 0.0208. The predicted molar refractivity (Wildman–Crippen MR) is 101 cm³/mol. The molecule has 6 nitrogen and oxygen atoms in total. The number of hydrogen-bond donors (Lipinski definition) is 3. The van der Waals surface area contributed by atoms with E-state index in [-0.39, 0.29) is 12.1 Å². The molecule has 1 aliphatic rings. The van der Waals surface area contributed by atoms with Crippen LogP contribution in [-0.4, -0.2) is 23.2 Å². The van der Waals surface area contributed by atoms with Gasteiger partial charge in [0.25, 0.3) is 0 Å². The Kier molecular flexibility index (Phi) is 5.63. The van der Waals surface area contributed by atoms with Crippen LogP contribution < -0.4 is 15.7 Å². The number of nitriles is 1. The largest absolute Gasteiger partial charge is 0.548 e. The normalized spacial score (nSPS) is 19.9.